The smallest absolute Gasteiger partial charge is 0.219 e. The Morgan fingerprint density at radius 3 is 2.46 bits per heavy atom. The zero-order chi connectivity index (χ0) is 9.31. The summed E-state index contributed by atoms with van der Waals surface area (Å²) < 4.78 is 6.66. The summed E-state index contributed by atoms with van der Waals surface area (Å²) in [6.45, 7) is 1.96. The average Bonchev–Trinajstić information content (AvgIpc) is 2.47. The number of benzene rings is 1. The van der Waals surface area contributed by atoms with E-state index < -0.39 is 0 Å². The van der Waals surface area contributed by atoms with Crippen LogP contribution in [0, 0.1) is 0 Å². The van der Waals surface area contributed by atoms with Crippen molar-refractivity contribution in [2.75, 3.05) is 27.2 Å². The Kier molecular flexibility index (Phi) is 2.10. The van der Waals surface area contributed by atoms with Gasteiger partial charge in [0.2, 0.25) is 6.23 Å². The summed E-state index contributed by atoms with van der Waals surface area (Å²) in [6.07, 6.45) is 0.223. The van der Waals surface area contributed by atoms with Gasteiger partial charge in [-0.1, -0.05) is 30.3 Å². The average molecular weight is 178 g/mol. The molecule has 0 radical (unpaired) electrons. The molecule has 1 unspecified atom stereocenters. The maximum Gasteiger partial charge on any atom is 0.219 e. The molecule has 1 aliphatic heterocycles. The molecule has 13 heavy (non-hydrogen) atoms. The fraction of sp³-hybridized carbons (Fsp3) is 0.455. The van der Waals surface area contributed by atoms with Gasteiger partial charge >= 0.3 is 0 Å². The Morgan fingerprint density at radius 2 is 1.92 bits per heavy atom. The molecule has 0 aliphatic carbocycles. The van der Waals surface area contributed by atoms with Crippen molar-refractivity contribution < 1.29 is 9.22 Å². The SMILES string of the molecule is C[N+]1(C)CCOC1c1ccccc1. The summed E-state index contributed by atoms with van der Waals surface area (Å²) in [5.74, 6) is 0. The van der Waals surface area contributed by atoms with Crippen molar-refractivity contribution in [3.63, 3.8) is 0 Å². The second-order valence-corrected chi connectivity index (χ2v) is 4.14. The van der Waals surface area contributed by atoms with Crippen LogP contribution in [0.3, 0.4) is 0 Å². The maximum absolute atomic E-state index is 5.73. The first-order valence-corrected chi connectivity index (χ1v) is 4.69. The first-order chi connectivity index (χ1) is 6.20. The largest absolute Gasteiger partial charge is 0.319 e. The van der Waals surface area contributed by atoms with Gasteiger partial charge < -0.3 is 4.74 Å². The van der Waals surface area contributed by atoms with Gasteiger partial charge in [-0.2, -0.15) is 0 Å². The highest BCUT2D eigenvalue weighted by Crippen LogP contribution is 2.30. The third-order valence-corrected chi connectivity index (χ3v) is 2.66. The summed E-state index contributed by atoms with van der Waals surface area (Å²) in [6, 6.07) is 10.4. The molecule has 1 aliphatic rings. The van der Waals surface area contributed by atoms with Gasteiger partial charge in [-0.3, -0.25) is 4.48 Å². The number of ether oxygens (including phenoxy) is 1. The van der Waals surface area contributed by atoms with E-state index in [2.05, 4.69) is 38.4 Å². The Morgan fingerprint density at radius 1 is 1.23 bits per heavy atom. The molecule has 2 nitrogen and oxygen atoms in total. The van der Waals surface area contributed by atoms with Crippen molar-refractivity contribution in [3.05, 3.63) is 35.9 Å². The fourth-order valence-electron chi connectivity index (χ4n) is 1.84. The number of rotatable bonds is 1. The van der Waals surface area contributed by atoms with Gasteiger partial charge in [0.05, 0.1) is 14.1 Å². The summed E-state index contributed by atoms with van der Waals surface area (Å²) in [5.41, 5.74) is 1.28. The lowest BCUT2D eigenvalue weighted by Crippen LogP contribution is -2.38. The molecule has 0 bridgehead atoms. The van der Waals surface area contributed by atoms with E-state index >= 15 is 0 Å². The van der Waals surface area contributed by atoms with E-state index in [9.17, 15) is 0 Å². The van der Waals surface area contributed by atoms with E-state index in [1.807, 2.05) is 6.07 Å². The van der Waals surface area contributed by atoms with Crippen molar-refractivity contribution in [3.8, 4) is 0 Å². The quantitative estimate of drug-likeness (QED) is 0.596. The van der Waals surface area contributed by atoms with Gasteiger partial charge in [0.25, 0.3) is 0 Å². The molecule has 1 aromatic rings. The molecule has 1 aromatic carbocycles. The van der Waals surface area contributed by atoms with Crippen LogP contribution >= 0.6 is 0 Å². The van der Waals surface area contributed by atoms with Crippen molar-refractivity contribution in [2.45, 2.75) is 6.23 Å². The molecule has 2 rings (SSSR count). The number of nitrogens with zero attached hydrogens (tertiary/aromatic N) is 1. The first-order valence-electron chi connectivity index (χ1n) is 4.69. The van der Waals surface area contributed by atoms with E-state index in [4.69, 9.17) is 4.74 Å². The lowest BCUT2D eigenvalue weighted by Gasteiger charge is -2.29. The Labute approximate surface area is 79.3 Å². The Bertz CT molecular complexity index is 281. The zero-order valence-electron chi connectivity index (χ0n) is 8.23. The van der Waals surface area contributed by atoms with E-state index in [-0.39, 0.29) is 6.23 Å². The predicted octanol–water partition coefficient (Wildman–Crippen LogP) is 1.79. The normalized spacial score (nSPS) is 26.2. The molecule has 0 aromatic heterocycles. The second-order valence-electron chi connectivity index (χ2n) is 4.14. The molecule has 70 valence electrons. The monoisotopic (exact) mass is 178 g/mol. The third kappa shape index (κ3) is 1.60. The minimum absolute atomic E-state index is 0.223. The lowest BCUT2D eigenvalue weighted by molar-refractivity contribution is -0.920. The molecule has 2 heteroatoms. The van der Waals surface area contributed by atoms with Crippen LogP contribution in [0.25, 0.3) is 0 Å². The minimum Gasteiger partial charge on any atom is -0.319 e. The van der Waals surface area contributed by atoms with Gasteiger partial charge in [0, 0.05) is 5.56 Å². The van der Waals surface area contributed by atoms with E-state index in [0.29, 0.717) is 0 Å². The van der Waals surface area contributed by atoms with Crippen LogP contribution in [-0.2, 0) is 4.74 Å². The molecule has 1 saturated heterocycles. The Balaban J connectivity index is 2.27. The van der Waals surface area contributed by atoms with Crippen molar-refractivity contribution in [1.29, 1.82) is 0 Å². The number of hydrogen-bond acceptors (Lipinski definition) is 1. The summed E-state index contributed by atoms with van der Waals surface area (Å²) in [4.78, 5) is 0. The summed E-state index contributed by atoms with van der Waals surface area (Å²) >= 11 is 0. The van der Waals surface area contributed by atoms with Crippen LogP contribution in [0.15, 0.2) is 30.3 Å². The van der Waals surface area contributed by atoms with Gasteiger partial charge in [-0.25, -0.2) is 0 Å². The fourth-order valence-corrected chi connectivity index (χ4v) is 1.84. The lowest BCUT2D eigenvalue weighted by atomic mass is 10.2. The van der Waals surface area contributed by atoms with Crippen LogP contribution in [0.5, 0.6) is 0 Å². The highest BCUT2D eigenvalue weighted by molar-refractivity contribution is 5.16. The summed E-state index contributed by atoms with van der Waals surface area (Å²) in [5, 5.41) is 0. The molecule has 1 atom stereocenters. The van der Waals surface area contributed by atoms with Crippen LogP contribution in [0.2, 0.25) is 0 Å². The third-order valence-electron chi connectivity index (χ3n) is 2.66. The van der Waals surface area contributed by atoms with Crippen molar-refractivity contribution in [1.82, 2.24) is 0 Å². The van der Waals surface area contributed by atoms with E-state index in [1.165, 1.54) is 5.56 Å². The standard InChI is InChI=1S/C11H16NO/c1-12(2)8-9-13-11(12)10-6-4-3-5-7-10/h3-7,11H,8-9H2,1-2H3/q+1. The first kappa shape index (κ1) is 8.73. The van der Waals surface area contributed by atoms with Crippen LogP contribution in [0.4, 0.5) is 0 Å². The van der Waals surface area contributed by atoms with Crippen LogP contribution in [-0.4, -0.2) is 31.7 Å². The predicted molar refractivity (Wildman–Crippen MR) is 52.1 cm³/mol. The van der Waals surface area contributed by atoms with Crippen LogP contribution in [0.1, 0.15) is 11.8 Å². The molecule has 1 fully saturated rings. The van der Waals surface area contributed by atoms with Crippen molar-refractivity contribution >= 4 is 0 Å². The molecule has 0 N–H and O–H groups in total. The highest BCUT2D eigenvalue weighted by atomic mass is 16.5. The second kappa shape index (κ2) is 3.13. The van der Waals surface area contributed by atoms with Gasteiger partial charge in [0.1, 0.15) is 13.2 Å². The molecule has 0 saturated carbocycles. The molecule has 1 heterocycles. The zero-order valence-corrected chi connectivity index (χ0v) is 8.23. The number of quaternary nitrogens is 1. The summed E-state index contributed by atoms with van der Waals surface area (Å²) in [7, 11) is 4.43. The van der Waals surface area contributed by atoms with Crippen molar-refractivity contribution in [2.24, 2.45) is 0 Å². The number of hydrogen-bond donors (Lipinski definition) is 0. The molecule has 0 amide bonds. The van der Waals surface area contributed by atoms with Gasteiger partial charge in [0.15, 0.2) is 0 Å². The molecular formula is C11H16NO+. The maximum atomic E-state index is 5.73. The van der Waals surface area contributed by atoms with Crippen LogP contribution < -0.4 is 0 Å². The molecule has 0 spiro atoms. The topological polar surface area (TPSA) is 9.23 Å². The number of likely N-dealkylation sites (N-methyl/N-ethyl adjacent to an activating group) is 1. The molecular weight excluding hydrogens is 162 g/mol. The Hall–Kier alpha value is -0.860. The minimum atomic E-state index is 0.223. The van der Waals surface area contributed by atoms with E-state index in [0.717, 1.165) is 17.6 Å². The van der Waals surface area contributed by atoms with E-state index in [1.54, 1.807) is 0 Å². The van der Waals surface area contributed by atoms with Gasteiger partial charge in [-0.05, 0) is 0 Å². The van der Waals surface area contributed by atoms with Gasteiger partial charge in [-0.15, -0.1) is 0 Å². The highest BCUT2D eigenvalue weighted by Gasteiger charge is 2.36.